The van der Waals surface area contributed by atoms with Crippen LogP contribution in [0.3, 0.4) is 0 Å². The van der Waals surface area contributed by atoms with Crippen LogP contribution in [-0.2, 0) is 17.7 Å². The first-order chi connectivity index (χ1) is 13.8. The highest BCUT2D eigenvalue weighted by molar-refractivity contribution is 6.66. The Labute approximate surface area is 187 Å². The Hall–Kier alpha value is 0.411. The van der Waals surface area contributed by atoms with Crippen molar-refractivity contribution in [3.63, 3.8) is 0 Å². The summed E-state index contributed by atoms with van der Waals surface area (Å²) < 4.78 is 23.2. The molecule has 9 heteroatoms. The summed E-state index contributed by atoms with van der Waals surface area (Å²) in [6.45, 7) is 10.2. The second-order valence-corrected chi connectivity index (χ2v) is 14.5. The van der Waals surface area contributed by atoms with Gasteiger partial charge in [-0.25, -0.2) is 0 Å². The molecular weight excluding hydrogens is 416 g/mol. The SMILES string of the molecule is CCO[Si](CCCN(C)C[Si]C(C)(CCCCCN(C)C)[Si](OC)OC)OCC. The standard InChI is InChI=1S/C20H46N2O4Si3/c1-9-25-28(26-10-2)18-14-17-22(6)19-27-20(3,29(23-7)24-8)15-12-11-13-16-21(4)5/h9-19H2,1-8H3. The van der Waals surface area contributed by atoms with Gasteiger partial charge in [0, 0.05) is 32.1 Å². The lowest BCUT2D eigenvalue weighted by atomic mass is 10.1. The molecule has 172 valence electrons. The third-order valence-electron chi connectivity index (χ3n) is 4.87. The molecule has 1 atom stereocenters. The van der Waals surface area contributed by atoms with E-state index in [1.165, 1.54) is 32.2 Å². The first-order valence-corrected chi connectivity index (χ1v) is 15.0. The quantitative estimate of drug-likeness (QED) is 0.205. The Morgan fingerprint density at radius 2 is 1.48 bits per heavy atom. The Morgan fingerprint density at radius 3 is 2.00 bits per heavy atom. The van der Waals surface area contributed by atoms with E-state index in [-0.39, 0.29) is 4.66 Å². The van der Waals surface area contributed by atoms with Crippen LogP contribution in [0.25, 0.3) is 0 Å². The smallest absolute Gasteiger partial charge is 0.387 e. The molecule has 0 N–H and O–H groups in total. The highest BCUT2D eigenvalue weighted by Gasteiger charge is 2.39. The van der Waals surface area contributed by atoms with Gasteiger partial charge in [0.25, 0.3) is 0 Å². The molecule has 0 aromatic carbocycles. The molecule has 6 nitrogen and oxygen atoms in total. The molecule has 0 rings (SSSR count). The highest BCUT2D eigenvalue weighted by Crippen LogP contribution is 2.35. The van der Waals surface area contributed by atoms with Crippen LogP contribution in [0.1, 0.15) is 52.9 Å². The number of unbranched alkanes of at least 4 members (excludes halogenated alkanes) is 2. The fourth-order valence-electron chi connectivity index (χ4n) is 3.27. The van der Waals surface area contributed by atoms with Crippen molar-refractivity contribution in [2.45, 2.75) is 63.6 Å². The molecule has 0 aromatic rings. The molecule has 0 aromatic heterocycles. The molecule has 0 aliphatic rings. The van der Waals surface area contributed by atoms with Gasteiger partial charge < -0.3 is 27.5 Å². The van der Waals surface area contributed by atoms with Crippen molar-refractivity contribution >= 4 is 28.1 Å². The van der Waals surface area contributed by atoms with E-state index in [4.69, 9.17) is 17.7 Å². The van der Waals surface area contributed by atoms with Crippen LogP contribution in [0.5, 0.6) is 0 Å². The number of nitrogens with zero attached hydrogens (tertiary/aromatic N) is 2. The predicted molar refractivity (Wildman–Crippen MR) is 127 cm³/mol. The largest absolute Gasteiger partial charge is 0.397 e. The number of hydrogen-bond acceptors (Lipinski definition) is 6. The molecule has 0 fully saturated rings. The maximum Gasteiger partial charge on any atom is 0.387 e. The average Bonchev–Trinajstić information content (AvgIpc) is 2.67. The summed E-state index contributed by atoms with van der Waals surface area (Å²) in [6.07, 6.45) is 7.19. The van der Waals surface area contributed by atoms with Gasteiger partial charge in [0.2, 0.25) is 0 Å². The Bertz CT molecular complexity index is 374. The van der Waals surface area contributed by atoms with Crippen LogP contribution in [-0.4, -0.2) is 106 Å². The van der Waals surface area contributed by atoms with Gasteiger partial charge in [-0.2, -0.15) is 0 Å². The van der Waals surface area contributed by atoms with Crippen molar-refractivity contribution in [2.24, 2.45) is 0 Å². The molecule has 1 unspecified atom stereocenters. The molecule has 0 saturated heterocycles. The summed E-state index contributed by atoms with van der Waals surface area (Å²) in [5, 5.41) is 0. The van der Waals surface area contributed by atoms with Crippen LogP contribution >= 0.6 is 0 Å². The van der Waals surface area contributed by atoms with E-state index in [2.05, 4.69) is 37.9 Å². The second kappa shape index (κ2) is 18.0. The molecule has 0 aliphatic carbocycles. The molecule has 0 bridgehead atoms. The van der Waals surface area contributed by atoms with Gasteiger partial charge in [-0.3, -0.25) is 0 Å². The van der Waals surface area contributed by atoms with Gasteiger partial charge in [-0.1, -0.05) is 19.8 Å². The Morgan fingerprint density at radius 1 is 0.862 bits per heavy atom. The van der Waals surface area contributed by atoms with Gasteiger partial charge >= 0.3 is 18.6 Å². The third kappa shape index (κ3) is 14.2. The first kappa shape index (κ1) is 29.4. The normalized spacial score (nSPS) is 14.5. The Balaban J connectivity index is 4.44. The van der Waals surface area contributed by atoms with E-state index >= 15 is 0 Å². The number of hydrogen-bond donors (Lipinski definition) is 0. The van der Waals surface area contributed by atoms with Crippen LogP contribution in [0.4, 0.5) is 0 Å². The van der Waals surface area contributed by atoms with Crippen molar-refractivity contribution in [1.82, 2.24) is 9.80 Å². The van der Waals surface area contributed by atoms with Gasteiger partial charge in [0.1, 0.15) is 0 Å². The van der Waals surface area contributed by atoms with Crippen molar-refractivity contribution in [3.8, 4) is 0 Å². The topological polar surface area (TPSA) is 43.4 Å². The molecule has 0 heterocycles. The fraction of sp³-hybridized carbons (Fsp3) is 1.00. The summed E-state index contributed by atoms with van der Waals surface area (Å²) in [7, 11) is 8.59. The lowest BCUT2D eigenvalue weighted by Gasteiger charge is -2.34. The highest BCUT2D eigenvalue weighted by atomic mass is 28.3. The van der Waals surface area contributed by atoms with Crippen molar-refractivity contribution in [1.29, 1.82) is 0 Å². The zero-order chi connectivity index (χ0) is 22.1. The second-order valence-electron chi connectivity index (χ2n) is 7.90. The van der Waals surface area contributed by atoms with Crippen LogP contribution in [0, 0.1) is 0 Å². The molecule has 0 amide bonds. The molecular formula is C20H46N2O4Si3. The van der Waals surface area contributed by atoms with E-state index in [1.54, 1.807) is 14.2 Å². The minimum Gasteiger partial charge on any atom is -0.397 e. The summed E-state index contributed by atoms with van der Waals surface area (Å²) in [6, 6.07) is 1.05. The van der Waals surface area contributed by atoms with Crippen molar-refractivity contribution in [3.05, 3.63) is 0 Å². The zero-order valence-corrected chi connectivity index (χ0v) is 23.3. The van der Waals surface area contributed by atoms with Crippen molar-refractivity contribution < 1.29 is 17.7 Å². The van der Waals surface area contributed by atoms with E-state index < -0.39 is 18.6 Å². The molecule has 0 spiro atoms. The monoisotopic (exact) mass is 462 g/mol. The minimum atomic E-state index is -1.27. The van der Waals surface area contributed by atoms with Crippen LogP contribution < -0.4 is 0 Å². The minimum absolute atomic E-state index is 0.159. The maximum absolute atomic E-state index is 5.79. The predicted octanol–water partition coefficient (Wildman–Crippen LogP) is 3.15. The van der Waals surface area contributed by atoms with Gasteiger partial charge in [0.05, 0.1) is 9.52 Å². The molecule has 0 saturated carbocycles. The van der Waals surface area contributed by atoms with E-state index in [0.29, 0.717) is 0 Å². The Kier molecular flexibility index (Phi) is 18.3. The van der Waals surface area contributed by atoms with Gasteiger partial charge in [-0.05, 0) is 79.6 Å². The molecule has 4 radical (unpaired) electrons. The fourth-order valence-corrected chi connectivity index (χ4v) is 8.74. The van der Waals surface area contributed by atoms with Gasteiger partial charge in [0.15, 0.2) is 0 Å². The molecule has 29 heavy (non-hydrogen) atoms. The summed E-state index contributed by atoms with van der Waals surface area (Å²) >= 11 is 0. The summed E-state index contributed by atoms with van der Waals surface area (Å²) in [5.41, 5.74) is 0. The van der Waals surface area contributed by atoms with Gasteiger partial charge in [-0.15, -0.1) is 0 Å². The average molecular weight is 463 g/mol. The van der Waals surface area contributed by atoms with E-state index in [9.17, 15) is 0 Å². The first-order valence-electron chi connectivity index (χ1n) is 11.0. The van der Waals surface area contributed by atoms with E-state index in [0.717, 1.165) is 47.9 Å². The maximum atomic E-state index is 5.79. The van der Waals surface area contributed by atoms with E-state index in [1.807, 2.05) is 13.8 Å². The third-order valence-corrected chi connectivity index (χ3v) is 11.6. The zero-order valence-electron chi connectivity index (χ0n) is 20.3. The van der Waals surface area contributed by atoms with Crippen LogP contribution in [0.15, 0.2) is 0 Å². The van der Waals surface area contributed by atoms with Crippen LogP contribution in [0.2, 0.25) is 10.7 Å². The number of rotatable bonds is 20. The molecule has 0 aliphatic heterocycles. The summed E-state index contributed by atoms with van der Waals surface area (Å²) in [5.74, 6) is 0. The lowest BCUT2D eigenvalue weighted by Crippen LogP contribution is -2.43. The lowest BCUT2D eigenvalue weighted by molar-refractivity contribution is 0.211. The summed E-state index contributed by atoms with van der Waals surface area (Å²) in [4.78, 5) is 4.71. The van der Waals surface area contributed by atoms with Crippen molar-refractivity contribution in [2.75, 3.05) is 67.8 Å².